The summed E-state index contributed by atoms with van der Waals surface area (Å²) in [6.45, 7) is 8.78. The average Bonchev–Trinajstić information content (AvgIpc) is 2.33. The Morgan fingerprint density at radius 1 is 1.10 bits per heavy atom. The van der Waals surface area contributed by atoms with Crippen LogP contribution in [0, 0.1) is 5.92 Å². The van der Waals surface area contributed by atoms with Crippen LogP contribution in [0.3, 0.4) is 0 Å². The van der Waals surface area contributed by atoms with Crippen LogP contribution in [0.5, 0.6) is 0 Å². The van der Waals surface area contributed by atoms with Gasteiger partial charge in [-0.05, 0) is 32.3 Å². The van der Waals surface area contributed by atoms with Crippen LogP contribution in [0.25, 0.3) is 0 Å². The average molecular weight is 284 g/mol. The molecular formula is C14H24N2O4. The molecule has 114 valence electrons. The van der Waals surface area contributed by atoms with Crippen LogP contribution >= 0.6 is 0 Å². The molecule has 0 saturated heterocycles. The van der Waals surface area contributed by atoms with Crippen molar-refractivity contribution in [2.75, 3.05) is 7.11 Å². The second-order valence-corrected chi connectivity index (χ2v) is 5.24. The molecule has 2 amide bonds. The molecule has 6 heteroatoms. The van der Waals surface area contributed by atoms with Gasteiger partial charge in [-0.15, -0.1) is 0 Å². The molecule has 1 atom stereocenters. The summed E-state index contributed by atoms with van der Waals surface area (Å²) in [5.74, 6) is -1.07. The second kappa shape index (κ2) is 8.35. The van der Waals surface area contributed by atoms with Crippen molar-refractivity contribution in [3.63, 3.8) is 0 Å². The van der Waals surface area contributed by atoms with Crippen LogP contribution in [0.4, 0.5) is 0 Å². The molecule has 2 N–H and O–H groups in total. The quantitative estimate of drug-likeness (QED) is 0.565. The van der Waals surface area contributed by atoms with Gasteiger partial charge in [0.2, 0.25) is 5.91 Å². The van der Waals surface area contributed by atoms with Crippen molar-refractivity contribution in [2.45, 2.75) is 47.1 Å². The third kappa shape index (κ3) is 6.36. The monoisotopic (exact) mass is 284 g/mol. The fourth-order valence-corrected chi connectivity index (χ4v) is 1.47. The molecule has 0 bridgehead atoms. The molecule has 0 aromatic heterocycles. The summed E-state index contributed by atoms with van der Waals surface area (Å²) in [6.07, 6.45) is 0.330. The van der Waals surface area contributed by atoms with Crippen LogP contribution in [-0.4, -0.2) is 30.9 Å². The number of methoxy groups -OCH3 is 1. The van der Waals surface area contributed by atoms with E-state index < -0.39 is 17.9 Å². The highest BCUT2D eigenvalue weighted by Gasteiger charge is 2.20. The van der Waals surface area contributed by atoms with E-state index in [9.17, 15) is 14.4 Å². The maximum atomic E-state index is 12.0. The van der Waals surface area contributed by atoms with Crippen molar-refractivity contribution in [1.29, 1.82) is 0 Å². The summed E-state index contributed by atoms with van der Waals surface area (Å²) in [6, 6.07) is -0.774. The van der Waals surface area contributed by atoms with E-state index in [-0.39, 0.29) is 17.5 Å². The highest BCUT2D eigenvalue weighted by Crippen LogP contribution is 2.04. The molecule has 0 heterocycles. The van der Waals surface area contributed by atoms with E-state index in [0.29, 0.717) is 12.0 Å². The normalized spacial score (nSPS) is 11.6. The van der Waals surface area contributed by atoms with Crippen molar-refractivity contribution in [3.05, 3.63) is 11.3 Å². The van der Waals surface area contributed by atoms with Gasteiger partial charge in [-0.2, -0.15) is 0 Å². The van der Waals surface area contributed by atoms with E-state index in [0.717, 1.165) is 0 Å². The van der Waals surface area contributed by atoms with E-state index in [1.807, 2.05) is 13.8 Å². The molecule has 0 aliphatic carbocycles. The number of rotatable bonds is 6. The van der Waals surface area contributed by atoms with Gasteiger partial charge >= 0.3 is 5.97 Å². The first kappa shape index (κ1) is 18.1. The molecule has 0 aliphatic heterocycles. The Morgan fingerprint density at radius 3 is 2.05 bits per heavy atom. The van der Waals surface area contributed by atoms with Gasteiger partial charge in [-0.25, -0.2) is 4.79 Å². The number of esters is 1. The summed E-state index contributed by atoms with van der Waals surface area (Å²) in [5, 5.41) is 5.07. The molecule has 6 nitrogen and oxygen atoms in total. The van der Waals surface area contributed by atoms with Crippen LogP contribution < -0.4 is 10.6 Å². The lowest BCUT2D eigenvalue weighted by Gasteiger charge is -2.16. The van der Waals surface area contributed by atoms with Gasteiger partial charge in [-0.1, -0.05) is 13.8 Å². The zero-order valence-corrected chi connectivity index (χ0v) is 13.0. The first-order valence-electron chi connectivity index (χ1n) is 6.55. The highest BCUT2D eigenvalue weighted by molar-refractivity contribution is 5.99. The van der Waals surface area contributed by atoms with E-state index in [1.54, 1.807) is 13.8 Å². The Hall–Kier alpha value is -1.85. The molecular weight excluding hydrogens is 260 g/mol. The van der Waals surface area contributed by atoms with Crippen molar-refractivity contribution in [3.8, 4) is 0 Å². The third-order valence-corrected chi connectivity index (χ3v) is 2.49. The largest absolute Gasteiger partial charge is 0.467 e. The zero-order valence-electron chi connectivity index (χ0n) is 13.0. The standard InChI is InChI=1S/C14H24N2O4/c1-8(2)7-11(17)16-12(9(3)4)13(18)15-10(5)14(19)20-6/h8,10H,7H2,1-6H3,(H,15,18)(H,16,17)/t10-/m0/s1. The van der Waals surface area contributed by atoms with E-state index in [1.165, 1.54) is 14.0 Å². The lowest BCUT2D eigenvalue weighted by Crippen LogP contribution is -2.43. The first-order valence-corrected chi connectivity index (χ1v) is 6.55. The Bertz CT molecular complexity index is 409. The minimum atomic E-state index is -0.774. The maximum Gasteiger partial charge on any atom is 0.328 e. The fourth-order valence-electron chi connectivity index (χ4n) is 1.47. The molecule has 0 spiro atoms. The Morgan fingerprint density at radius 2 is 1.65 bits per heavy atom. The van der Waals surface area contributed by atoms with Gasteiger partial charge < -0.3 is 15.4 Å². The SMILES string of the molecule is COC(=O)[C@H](C)NC(=O)C(NC(=O)CC(C)C)=C(C)C. The van der Waals surface area contributed by atoms with Gasteiger partial charge in [0.1, 0.15) is 11.7 Å². The highest BCUT2D eigenvalue weighted by atomic mass is 16.5. The number of allylic oxidation sites excluding steroid dienone is 1. The Kier molecular flexibility index (Phi) is 7.57. The molecule has 0 aromatic carbocycles. The molecule has 0 radical (unpaired) electrons. The number of amides is 2. The minimum Gasteiger partial charge on any atom is -0.467 e. The van der Waals surface area contributed by atoms with Gasteiger partial charge in [0.05, 0.1) is 7.11 Å². The summed E-state index contributed by atoms with van der Waals surface area (Å²) >= 11 is 0. The maximum absolute atomic E-state index is 12.0. The summed E-state index contributed by atoms with van der Waals surface area (Å²) in [7, 11) is 1.25. The predicted octanol–water partition coefficient (Wildman–Crippen LogP) is 1.12. The van der Waals surface area contributed by atoms with Gasteiger partial charge in [0, 0.05) is 6.42 Å². The Labute approximate surface area is 119 Å². The van der Waals surface area contributed by atoms with Gasteiger partial charge in [0.25, 0.3) is 5.91 Å². The molecule has 0 aromatic rings. The predicted molar refractivity (Wildman–Crippen MR) is 75.6 cm³/mol. The van der Waals surface area contributed by atoms with Crippen molar-refractivity contribution in [1.82, 2.24) is 10.6 Å². The van der Waals surface area contributed by atoms with Gasteiger partial charge in [0.15, 0.2) is 0 Å². The zero-order chi connectivity index (χ0) is 15.9. The second-order valence-electron chi connectivity index (χ2n) is 5.24. The smallest absolute Gasteiger partial charge is 0.328 e. The lowest BCUT2D eigenvalue weighted by atomic mass is 10.1. The fraction of sp³-hybridized carbons (Fsp3) is 0.643. The minimum absolute atomic E-state index is 0.173. The molecule has 0 fully saturated rings. The number of ether oxygens (including phenoxy) is 1. The summed E-state index contributed by atoms with van der Waals surface area (Å²) < 4.78 is 4.53. The van der Waals surface area contributed by atoms with E-state index in [4.69, 9.17) is 0 Å². The molecule has 0 aliphatic rings. The first-order chi connectivity index (χ1) is 9.18. The van der Waals surface area contributed by atoms with E-state index >= 15 is 0 Å². The van der Waals surface area contributed by atoms with Crippen LogP contribution in [-0.2, 0) is 19.1 Å². The summed E-state index contributed by atoms with van der Waals surface area (Å²) in [5.41, 5.74) is 0.836. The number of hydrogen-bond acceptors (Lipinski definition) is 4. The van der Waals surface area contributed by atoms with Crippen LogP contribution in [0.2, 0.25) is 0 Å². The Balaban J connectivity index is 4.79. The van der Waals surface area contributed by atoms with Crippen molar-refractivity contribution < 1.29 is 19.1 Å². The topological polar surface area (TPSA) is 84.5 Å². The number of carbonyl (C=O) groups is 3. The van der Waals surface area contributed by atoms with Crippen molar-refractivity contribution in [2.24, 2.45) is 5.92 Å². The number of nitrogens with one attached hydrogen (secondary N) is 2. The lowest BCUT2D eigenvalue weighted by molar-refractivity contribution is -0.144. The van der Waals surface area contributed by atoms with Gasteiger partial charge in [-0.3, -0.25) is 9.59 Å². The van der Waals surface area contributed by atoms with Crippen LogP contribution in [0.1, 0.15) is 41.0 Å². The third-order valence-electron chi connectivity index (χ3n) is 2.49. The molecule has 0 rings (SSSR count). The van der Waals surface area contributed by atoms with Crippen LogP contribution in [0.15, 0.2) is 11.3 Å². The molecule has 20 heavy (non-hydrogen) atoms. The molecule has 0 unspecified atom stereocenters. The number of carbonyl (C=O) groups excluding carboxylic acids is 3. The number of hydrogen-bond donors (Lipinski definition) is 2. The molecule has 0 saturated carbocycles. The van der Waals surface area contributed by atoms with Crippen molar-refractivity contribution >= 4 is 17.8 Å². The van der Waals surface area contributed by atoms with E-state index in [2.05, 4.69) is 15.4 Å². The summed E-state index contributed by atoms with van der Waals surface area (Å²) in [4.78, 5) is 35.0.